The van der Waals surface area contributed by atoms with Crippen molar-refractivity contribution < 1.29 is 14.4 Å². The van der Waals surface area contributed by atoms with Gasteiger partial charge in [-0.15, -0.1) is 0 Å². The number of amides is 3. The van der Waals surface area contributed by atoms with Crippen LogP contribution in [0.4, 0.5) is 11.4 Å². The summed E-state index contributed by atoms with van der Waals surface area (Å²) < 4.78 is 0. The number of hydrogen-bond acceptors (Lipinski definition) is 4. The average molecular weight is 493 g/mol. The van der Waals surface area contributed by atoms with Gasteiger partial charge < -0.3 is 21.3 Å². The number of hydrogen-bond donors (Lipinski definition) is 4. The van der Waals surface area contributed by atoms with Crippen LogP contribution in [-0.4, -0.2) is 24.3 Å². The van der Waals surface area contributed by atoms with Crippen LogP contribution < -0.4 is 21.3 Å². The lowest BCUT2D eigenvalue weighted by atomic mass is 10.1. The zero-order chi connectivity index (χ0) is 25.9. The molecule has 4 rings (SSSR count). The lowest BCUT2D eigenvalue weighted by molar-refractivity contribution is -0.114. The second-order valence-corrected chi connectivity index (χ2v) is 8.40. The van der Waals surface area contributed by atoms with Gasteiger partial charge in [-0.1, -0.05) is 66.7 Å². The van der Waals surface area contributed by atoms with Gasteiger partial charge in [-0.25, -0.2) is 0 Å². The van der Waals surface area contributed by atoms with Crippen molar-refractivity contribution in [2.75, 3.05) is 17.2 Å². The van der Waals surface area contributed by atoms with E-state index in [0.717, 1.165) is 11.1 Å². The van der Waals surface area contributed by atoms with Crippen LogP contribution in [0.5, 0.6) is 0 Å². The number of nitrogens with one attached hydrogen (secondary N) is 4. The molecular weight excluding hydrogens is 464 g/mol. The Morgan fingerprint density at radius 1 is 0.541 bits per heavy atom. The summed E-state index contributed by atoms with van der Waals surface area (Å²) in [6.07, 6.45) is 0. The summed E-state index contributed by atoms with van der Waals surface area (Å²) in [7, 11) is 0. The Kier molecular flexibility index (Phi) is 8.64. The number of carbonyl (C=O) groups is 3. The van der Waals surface area contributed by atoms with E-state index in [1.54, 1.807) is 48.5 Å². The summed E-state index contributed by atoms with van der Waals surface area (Å²) >= 11 is 0. The molecule has 7 heteroatoms. The molecule has 0 saturated heterocycles. The zero-order valence-electron chi connectivity index (χ0n) is 20.2. The summed E-state index contributed by atoms with van der Waals surface area (Å²) in [5, 5.41) is 11.6. The Hall–Kier alpha value is -4.91. The molecule has 0 atom stereocenters. The molecule has 0 radical (unpaired) electrons. The van der Waals surface area contributed by atoms with E-state index in [9.17, 15) is 14.4 Å². The summed E-state index contributed by atoms with van der Waals surface area (Å²) in [5.74, 6) is -0.640. The van der Waals surface area contributed by atoms with Gasteiger partial charge in [-0.2, -0.15) is 0 Å². The van der Waals surface area contributed by atoms with Crippen molar-refractivity contribution in [1.82, 2.24) is 10.6 Å². The molecule has 0 spiro atoms. The third-order valence-electron chi connectivity index (χ3n) is 5.60. The fourth-order valence-corrected chi connectivity index (χ4v) is 3.63. The van der Waals surface area contributed by atoms with Crippen molar-refractivity contribution in [2.24, 2.45) is 0 Å². The minimum absolute atomic E-state index is 0.0317. The van der Waals surface area contributed by atoms with E-state index < -0.39 is 0 Å². The Bertz CT molecular complexity index is 1340. The van der Waals surface area contributed by atoms with Crippen LogP contribution in [0.1, 0.15) is 31.8 Å². The first-order valence-corrected chi connectivity index (χ1v) is 11.9. The summed E-state index contributed by atoms with van der Waals surface area (Å²) in [6, 6.07) is 33.1. The van der Waals surface area contributed by atoms with Crippen LogP contribution in [0.15, 0.2) is 109 Å². The van der Waals surface area contributed by atoms with Crippen LogP contribution in [0.2, 0.25) is 0 Å². The fraction of sp³-hybridized carbons (Fsp3) is 0.100. The van der Waals surface area contributed by atoms with E-state index in [2.05, 4.69) is 21.3 Å². The van der Waals surface area contributed by atoms with E-state index in [0.29, 0.717) is 35.6 Å². The minimum Gasteiger partial charge on any atom is -0.376 e. The topological polar surface area (TPSA) is 99.3 Å². The van der Waals surface area contributed by atoms with Gasteiger partial charge in [-0.3, -0.25) is 14.4 Å². The highest BCUT2D eigenvalue weighted by Crippen LogP contribution is 2.13. The van der Waals surface area contributed by atoms with E-state index >= 15 is 0 Å². The predicted octanol–water partition coefficient (Wildman–Crippen LogP) is 4.60. The van der Waals surface area contributed by atoms with Crippen molar-refractivity contribution in [3.63, 3.8) is 0 Å². The summed E-state index contributed by atoms with van der Waals surface area (Å²) in [5.41, 5.74) is 4.27. The molecule has 0 aromatic heterocycles. The lowest BCUT2D eigenvalue weighted by Gasteiger charge is -2.10. The molecule has 0 unspecified atom stereocenters. The second kappa shape index (κ2) is 12.7. The highest BCUT2D eigenvalue weighted by Gasteiger charge is 2.09. The molecule has 0 saturated carbocycles. The largest absolute Gasteiger partial charge is 0.376 e. The van der Waals surface area contributed by atoms with Gasteiger partial charge in [0.25, 0.3) is 11.8 Å². The maximum absolute atomic E-state index is 12.5. The number of benzene rings is 4. The Balaban J connectivity index is 1.23. The molecule has 4 aromatic rings. The van der Waals surface area contributed by atoms with Gasteiger partial charge in [0.2, 0.25) is 5.91 Å². The normalized spacial score (nSPS) is 10.3. The third-order valence-corrected chi connectivity index (χ3v) is 5.60. The molecule has 0 bridgehead atoms. The molecular formula is C30H28N4O3. The zero-order valence-corrected chi connectivity index (χ0v) is 20.2. The number of anilines is 2. The quantitative estimate of drug-likeness (QED) is 0.260. The highest BCUT2D eigenvalue weighted by atomic mass is 16.2. The smallest absolute Gasteiger partial charge is 0.251 e. The Morgan fingerprint density at radius 2 is 1.11 bits per heavy atom. The lowest BCUT2D eigenvalue weighted by Crippen LogP contribution is -2.24. The van der Waals surface area contributed by atoms with Crippen molar-refractivity contribution in [1.29, 1.82) is 0 Å². The SMILES string of the molecule is O=C(CNc1ccc(C(=O)NCc2ccccc2)cc1)Nc1cccc(C(=O)NCc2ccccc2)c1. The first-order valence-electron chi connectivity index (χ1n) is 11.9. The van der Waals surface area contributed by atoms with Crippen LogP contribution >= 0.6 is 0 Å². The van der Waals surface area contributed by atoms with Crippen molar-refractivity contribution >= 4 is 29.1 Å². The molecule has 3 amide bonds. The van der Waals surface area contributed by atoms with E-state index in [4.69, 9.17) is 0 Å². The molecule has 0 aliphatic rings. The maximum Gasteiger partial charge on any atom is 0.251 e. The predicted molar refractivity (Wildman–Crippen MR) is 145 cm³/mol. The molecule has 37 heavy (non-hydrogen) atoms. The Morgan fingerprint density at radius 3 is 1.70 bits per heavy atom. The van der Waals surface area contributed by atoms with Crippen LogP contribution in [0.3, 0.4) is 0 Å². The third kappa shape index (κ3) is 7.80. The molecule has 0 aliphatic carbocycles. The molecule has 0 heterocycles. The van der Waals surface area contributed by atoms with Crippen molar-refractivity contribution in [3.8, 4) is 0 Å². The van der Waals surface area contributed by atoms with Gasteiger partial charge in [0.1, 0.15) is 0 Å². The average Bonchev–Trinajstić information content (AvgIpc) is 2.95. The second-order valence-electron chi connectivity index (χ2n) is 8.40. The van der Waals surface area contributed by atoms with Gasteiger partial charge in [0.05, 0.1) is 6.54 Å². The Labute approximate surface area is 215 Å². The molecule has 4 aromatic carbocycles. The summed E-state index contributed by atoms with van der Waals surface area (Å²) in [4.78, 5) is 37.3. The first-order chi connectivity index (χ1) is 18.1. The van der Waals surface area contributed by atoms with Crippen LogP contribution in [0, 0.1) is 0 Å². The minimum atomic E-state index is -0.258. The molecule has 7 nitrogen and oxygen atoms in total. The summed E-state index contributed by atoms with van der Waals surface area (Å²) in [6.45, 7) is 0.910. The van der Waals surface area contributed by atoms with Crippen LogP contribution in [0.25, 0.3) is 0 Å². The monoisotopic (exact) mass is 492 g/mol. The maximum atomic E-state index is 12.5. The fourth-order valence-electron chi connectivity index (χ4n) is 3.63. The standard InChI is InChI=1S/C30H28N4O3/c35-28(34-27-13-7-12-25(18-27)30(37)33-20-23-10-5-2-6-11-23)21-31-26-16-14-24(15-17-26)29(36)32-19-22-8-3-1-4-9-22/h1-18,31H,19-21H2,(H,32,36)(H,33,37)(H,34,35). The van der Waals surface area contributed by atoms with Gasteiger partial charge in [0.15, 0.2) is 0 Å². The van der Waals surface area contributed by atoms with Crippen molar-refractivity contribution in [3.05, 3.63) is 131 Å². The molecule has 4 N–H and O–H groups in total. The number of rotatable bonds is 10. The van der Waals surface area contributed by atoms with Gasteiger partial charge in [0, 0.05) is 35.6 Å². The molecule has 0 fully saturated rings. The van der Waals surface area contributed by atoms with Gasteiger partial charge >= 0.3 is 0 Å². The van der Waals surface area contributed by atoms with E-state index in [1.165, 1.54) is 0 Å². The highest BCUT2D eigenvalue weighted by molar-refractivity contribution is 5.98. The first kappa shape index (κ1) is 25.2. The molecule has 186 valence electrons. The van der Waals surface area contributed by atoms with E-state index in [1.807, 2.05) is 60.7 Å². The molecule has 0 aliphatic heterocycles. The van der Waals surface area contributed by atoms with Gasteiger partial charge in [-0.05, 0) is 53.6 Å². The number of carbonyl (C=O) groups excluding carboxylic acids is 3. The van der Waals surface area contributed by atoms with Crippen LogP contribution in [-0.2, 0) is 17.9 Å². The van der Waals surface area contributed by atoms with Crippen molar-refractivity contribution in [2.45, 2.75) is 13.1 Å². The van der Waals surface area contributed by atoms with E-state index in [-0.39, 0.29) is 24.3 Å².